The summed E-state index contributed by atoms with van der Waals surface area (Å²) in [5, 5.41) is 3.32. The fourth-order valence-corrected chi connectivity index (χ4v) is 2.66. The average Bonchev–Trinajstić information content (AvgIpc) is 2.22. The topological polar surface area (TPSA) is 41.6 Å². The first kappa shape index (κ1) is 16.6. The molecule has 0 unspecified atom stereocenters. The maximum Gasteiger partial charge on any atom is 0.410 e. The zero-order valence-electron chi connectivity index (χ0n) is 12.3. The van der Waals surface area contributed by atoms with E-state index in [0.29, 0.717) is 0 Å². The van der Waals surface area contributed by atoms with Gasteiger partial charge in [0.25, 0.3) is 0 Å². The Labute approximate surface area is 122 Å². The number of rotatable bonds is 2. The largest absolute Gasteiger partial charge is 0.444 e. The number of nitrogens with one attached hydrogen (secondary N) is 1. The Morgan fingerprint density at radius 2 is 1.79 bits per heavy atom. The van der Waals surface area contributed by atoms with E-state index < -0.39 is 0 Å². The molecule has 2 fully saturated rings. The SMILES string of the molecule is CC(C)(C)OC(=O)N1CCC(CC2CNC2)CC1.Cl. The summed E-state index contributed by atoms with van der Waals surface area (Å²) in [6, 6.07) is 0. The van der Waals surface area contributed by atoms with Gasteiger partial charge in [-0.25, -0.2) is 4.79 Å². The molecule has 0 saturated carbocycles. The number of ether oxygens (including phenoxy) is 1. The zero-order chi connectivity index (χ0) is 13.2. The highest BCUT2D eigenvalue weighted by molar-refractivity contribution is 5.85. The molecule has 2 saturated heterocycles. The molecular formula is C14H27ClN2O2. The fraction of sp³-hybridized carbons (Fsp3) is 0.929. The summed E-state index contributed by atoms with van der Waals surface area (Å²) < 4.78 is 5.40. The average molecular weight is 291 g/mol. The Bertz CT molecular complexity index is 292. The Morgan fingerprint density at radius 1 is 1.21 bits per heavy atom. The summed E-state index contributed by atoms with van der Waals surface area (Å²) in [5.74, 6) is 1.68. The minimum Gasteiger partial charge on any atom is -0.444 e. The molecular weight excluding hydrogens is 264 g/mol. The molecule has 5 heteroatoms. The molecule has 0 bridgehead atoms. The van der Waals surface area contributed by atoms with Gasteiger partial charge in [0.2, 0.25) is 0 Å². The first-order valence-corrected chi connectivity index (χ1v) is 7.13. The normalized spacial score (nSPS) is 21.5. The summed E-state index contributed by atoms with van der Waals surface area (Å²) >= 11 is 0. The van der Waals surface area contributed by atoms with E-state index in [1.165, 1.54) is 19.5 Å². The van der Waals surface area contributed by atoms with Crippen molar-refractivity contribution < 1.29 is 9.53 Å². The molecule has 19 heavy (non-hydrogen) atoms. The number of likely N-dealkylation sites (tertiary alicyclic amines) is 1. The van der Waals surface area contributed by atoms with E-state index >= 15 is 0 Å². The van der Waals surface area contributed by atoms with Gasteiger partial charge < -0.3 is 15.0 Å². The van der Waals surface area contributed by atoms with Crippen molar-refractivity contribution in [1.29, 1.82) is 0 Å². The molecule has 0 radical (unpaired) electrons. The van der Waals surface area contributed by atoms with Crippen LogP contribution in [0.3, 0.4) is 0 Å². The van der Waals surface area contributed by atoms with Crippen LogP contribution in [0, 0.1) is 11.8 Å². The number of amides is 1. The molecule has 0 aliphatic carbocycles. The third-order valence-corrected chi connectivity index (χ3v) is 3.80. The number of carbonyl (C=O) groups excluding carboxylic acids is 1. The van der Waals surface area contributed by atoms with Crippen molar-refractivity contribution in [2.75, 3.05) is 26.2 Å². The molecule has 2 rings (SSSR count). The van der Waals surface area contributed by atoms with Crippen LogP contribution in [0.2, 0.25) is 0 Å². The zero-order valence-corrected chi connectivity index (χ0v) is 13.1. The van der Waals surface area contributed by atoms with E-state index in [1.807, 2.05) is 25.7 Å². The van der Waals surface area contributed by atoms with Crippen molar-refractivity contribution in [2.45, 2.75) is 45.6 Å². The lowest BCUT2D eigenvalue weighted by Gasteiger charge is -2.36. The molecule has 0 atom stereocenters. The molecule has 0 aromatic carbocycles. The van der Waals surface area contributed by atoms with Crippen LogP contribution in [0.25, 0.3) is 0 Å². The summed E-state index contributed by atoms with van der Waals surface area (Å²) in [7, 11) is 0. The molecule has 2 aliphatic rings. The number of halogens is 1. The molecule has 2 aliphatic heterocycles. The fourth-order valence-electron chi connectivity index (χ4n) is 2.66. The van der Waals surface area contributed by atoms with E-state index in [2.05, 4.69) is 5.32 Å². The molecule has 1 N–H and O–H groups in total. The highest BCUT2D eigenvalue weighted by Gasteiger charge is 2.29. The van der Waals surface area contributed by atoms with Crippen molar-refractivity contribution >= 4 is 18.5 Å². The van der Waals surface area contributed by atoms with Gasteiger partial charge in [0.15, 0.2) is 0 Å². The van der Waals surface area contributed by atoms with Gasteiger partial charge in [0.1, 0.15) is 5.60 Å². The monoisotopic (exact) mass is 290 g/mol. The van der Waals surface area contributed by atoms with E-state index in [9.17, 15) is 4.79 Å². The molecule has 4 nitrogen and oxygen atoms in total. The van der Waals surface area contributed by atoms with Gasteiger partial charge in [0, 0.05) is 13.1 Å². The van der Waals surface area contributed by atoms with Crippen LogP contribution >= 0.6 is 12.4 Å². The van der Waals surface area contributed by atoms with E-state index in [0.717, 1.165) is 37.8 Å². The Morgan fingerprint density at radius 3 is 2.21 bits per heavy atom. The Hall–Kier alpha value is -0.480. The maximum absolute atomic E-state index is 11.9. The van der Waals surface area contributed by atoms with Crippen LogP contribution < -0.4 is 5.32 Å². The van der Waals surface area contributed by atoms with Crippen molar-refractivity contribution in [1.82, 2.24) is 10.2 Å². The van der Waals surface area contributed by atoms with Gasteiger partial charge in [0.05, 0.1) is 0 Å². The first-order valence-electron chi connectivity index (χ1n) is 7.13. The van der Waals surface area contributed by atoms with Crippen LogP contribution in [-0.2, 0) is 4.74 Å². The predicted octanol–water partition coefficient (Wildman–Crippen LogP) is 2.66. The molecule has 0 aromatic rings. The maximum atomic E-state index is 11.9. The molecule has 2 heterocycles. The van der Waals surface area contributed by atoms with E-state index in [-0.39, 0.29) is 24.1 Å². The Balaban J connectivity index is 0.00000180. The molecule has 112 valence electrons. The van der Waals surface area contributed by atoms with Gasteiger partial charge in [-0.2, -0.15) is 0 Å². The lowest BCUT2D eigenvalue weighted by molar-refractivity contribution is 0.0172. The second-order valence-corrected chi connectivity index (χ2v) is 6.67. The van der Waals surface area contributed by atoms with Crippen molar-refractivity contribution in [3.8, 4) is 0 Å². The van der Waals surface area contributed by atoms with Crippen LogP contribution in [0.4, 0.5) is 4.79 Å². The van der Waals surface area contributed by atoms with Crippen molar-refractivity contribution in [2.24, 2.45) is 11.8 Å². The van der Waals surface area contributed by atoms with Crippen molar-refractivity contribution in [3.05, 3.63) is 0 Å². The molecule has 1 amide bonds. The van der Waals surface area contributed by atoms with Gasteiger partial charge in [-0.3, -0.25) is 0 Å². The quantitative estimate of drug-likeness (QED) is 0.850. The standard InChI is InChI=1S/C14H26N2O2.ClH/c1-14(2,3)18-13(17)16-6-4-11(5-7-16)8-12-9-15-10-12;/h11-12,15H,4-10H2,1-3H3;1H. The summed E-state index contributed by atoms with van der Waals surface area (Å²) in [6.07, 6.45) is 3.45. The van der Waals surface area contributed by atoms with Gasteiger partial charge >= 0.3 is 6.09 Å². The van der Waals surface area contributed by atoms with Crippen LogP contribution in [0.15, 0.2) is 0 Å². The molecule has 0 spiro atoms. The minimum atomic E-state index is -0.383. The number of piperidine rings is 1. The Kier molecular flexibility index (Phi) is 5.93. The summed E-state index contributed by atoms with van der Waals surface area (Å²) in [6.45, 7) is 9.85. The highest BCUT2D eigenvalue weighted by Crippen LogP contribution is 2.26. The second kappa shape index (κ2) is 6.80. The van der Waals surface area contributed by atoms with Gasteiger partial charge in [-0.15, -0.1) is 12.4 Å². The first-order chi connectivity index (χ1) is 8.44. The molecule has 0 aromatic heterocycles. The summed E-state index contributed by atoms with van der Waals surface area (Å²) in [4.78, 5) is 13.8. The minimum absolute atomic E-state index is 0. The number of hydrogen-bond donors (Lipinski definition) is 1. The second-order valence-electron chi connectivity index (χ2n) is 6.67. The van der Waals surface area contributed by atoms with Crippen molar-refractivity contribution in [3.63, 3.8) is 0 Å². The third-order valence-electron chi connectivity index (χ3n) is 3.80. The van der Waals surface area contributed by atoms with Crippen LogP contribution in [0.1, 0.15) is 40.0 Å². The van der Waals surface area contributed by atoms with Crippen LogP contribution in [-0.4, -0.2) is 42.8 Å². The van der Waals surface area contributed by atoms with Crippen LogP contribution in [0.5, 0.6) is 0 Å². The lowest BCUT2D eigenvalue weighted by Crippen LogP contribution is -2.45. The smallest absolute Gasteiger partial charge is 0.410 e. The van der Waals surface area contributed by atoms with Gasteiger partial charge in [-0.1, -0.05) is 0 Å². The van der Waals surface area contributed by atoms with E-state index in [4.69, 9.17) is 4.74 Å². The number of carbonyl (C=O) groups is 1. The highest BCUT2D eigenvalue weighted by atomic mass is 35.5. The number of hydrogen-bond acceptors (Lipinski definition) is 3. The predicted molar refractivity (Wildman–Crippen MR) is 78.8 cm³/mol. The third kappa shape index (κ3) is 5.19. The van der Waals surface area contributed by atoms with E-state index in [1.54, 1.807) is 0 Å². The van der Waals surface area contributed by atoms with Gasteiger partial charge in [-0.05, 0) is 65.0 Å². The number of nitrogens with zero attached hydrogens (tertiary/aromatic N) is 1. The summed E-state index contributed by atoms with van der Waals surface area (Å²) in [5.41, 5.74) is -0.383. The lowest BCUT2D eigenvalue weighted by atomic mass is 9.85.